The fourth-order valence-corrected chi connectivity index (χ4v) is 5.88. The zero-order valence-corrected chi connectivity index (χ0v) is 25.7. The van der Waals surface area contributed by atoms with Crippen molar-refractivity contribution in [2.75, 3.05) is 40.5 Å². The summed E-state index contributed by atoms with van der Waals surface area (Å²) < 4.78 is 17.6. The molecule has 0 aliphatic heterocycles. The molecule has 226 valence electrons. The number of aromatic nitrogens is 1. The molecule has 2 aromatic carbocycles. The van der Waals surface area contributed by atoms with Crippen LogP contribution in [0.3, 0.4) is 0 Å². The molecule has 1 aliphatic rings. The molecule has 1 aliphatic carbocycles. The van der Waals surface area contributed by atoms with E-state index in [2.05, 4.69) is 32.9 Å². The number of rotatable bonds is 13. The number of halogens is 1. The highest BCUT2D eigenvalue weighted by molar-refractivity contribution is 14.1. The van der Waals surface area contributed by atoms with Crippen LogP contribution in [0.15, 0.2) is 54.1 Å². The van der Waals surface area contributed by atoms with E-state index in [0.29, 0.717) is 32.6 Å². The standard InChI is InChI=1S/C30H36IN3O8/c1-40-17-27(37)34(9-7-21-13-19-5-3-4-6-23(19)33-21)24-14-20(30(39)32-8-10-35)15-25(28(24)38)42-29-22(31)11-18(16-36)12-26(29)41-2/h3-6,11-13,15,24-25,28,33,35-36,38H,7-10,14,16-17H2,1-2H3,(H,32,39)/t24-,25+,28+/m1/s1. The molecule has 2 amide bonds. The first kappa shape index (κ1) is 31.8. The normalized spacial score (nSPS) is 18.4. The van der Waals surface area contributed by atoms with Crippen LogP contribution in [0.2, 0.25) is 0 Å². The summed E-state index contributed by atoms with van der Waals surface area (Å²) in [6.07, 6.45) is -0.144. The predicted octanol–water partition coefficient (Wildman–Crippen LogP) is 1.91. The molecule has 0 saturated carbocycles. The van der Waals surface area contributed by atoms with Gasteiger partial charge in [0.1, 0.15) is 18.8 Å². The minimum atomic E-state index is -1.21. The lowest BCUT2D eigenvalue weighted by Gasteiger charge is -2.40. The van der Waals surface area contributed by atoms with E-state index in [1.807, 2.05) is 30.3 Å². The zero-order chi connectivity index (χ0) is 30.2. The second-order valence-corrected chi connectivity index (χ2v) is 11.1. The number of aromatic amines is 1. The first-order valence-electron chi connectivity index (χ1n) is 13.6. The highest BCUT2D eigenvalue weighted by Gasteiger charge is 2.41. The number of methoxy groups -OCH3 is 2. The average molecular weight is 694 g/mol. The zero-order valence-electron chi connectivity index (χ0n) is 23.5. The van der Waals surface area contributed by atoms with Crippen molar-refractivity contribution in [3.63, 3.8) is 0 Å². The maximum absolute atomic E-state index is 13.4. The van der Waals surface area contributed by atoms with Crippen molar-refractivity contribution in [3.05, 3.63) is 68.9 Å². The monoisotopic (exact) mass is 693 g/mol. The molecular formula is C30H36IN3O8. The number of nitrogens with one attached hydrogen (secondary N) is 2. The van der Waals surface area contributed by atoms with Gasteiger partial charge in [0.25, 0.3) is 0 Å². The van der Waals surface area contributed by atoms with Crippen LogP contribution in [0.5, 0.6) is 11.5 Å². The maximum Gasteiger partial charge on any atom is 0.248 e. The van der Waals surface area contributed by atoms with Crippen molar-refractivity contribution < 1.29 is 39.1 Å². The maximum atomic E-state index is 13.4. The summed E-state index contributed by atoms with van der Waals surface area (Å²) in [4.78, 5) is 31.3. The minimum absolute atomic E-state index is 0.0516. The van der Waals surface area contributed by atoms with Crippen LogP contribution in [0.1, 0.15) is 17.7 Å². The number of H-pyrrole nitrogens is 1. The van der Waals surface area contributed by atoms with Crippen molar-refractivity contribution >= 4 is 45.3 Å². The molecule has 0 fully saturated rings. The Hall–Kier alpha value is -3.17. The minimum Gasteiger partial charge on any atom is -0.493 e. The molecule has 42 heavy (non-hydrogen) atoms. The smallest absolute Gasteiger partial charge is 0.248 e. The number of hydrogen-bond acceptors (Lipinski definition) is 8. The van der Waals surface area contributed by atoms with Crippen LogP contribution in [-0.2, 0) is 27.4 Å². The van der Waals surface area contributed by atoms with E-state index in [0.717, 1.165) is 16.6 Å². The number of para-hydroxylation sites is 1. The number of benzene rings is 2. The first-order valence-corrected chi connectivity index (χ1v) is 14.6. The highest BCUT2D eigenvalue weighted by atomic mass is 127. The molecule has 0 saturated heterocycles. The van der Waals surface area contributed by atoms with Gasteiger partial charge in [-0.2, -0.15) is 0 Å². The number of aliphatic hydroxyl groups excluding tert-OH is 3. The molecule has 1 heterocycles. The summed E-state index contributed by atoms with van der Waals surface area (Å²) in [6.45, 7) is -0.327. The molecule has 4 rings (SSSR count). The topological polar surface area (TPSA) is 154 Å². The Morgan fingerprint density at radius 3 is 2.64 bits per heavy atom. The third kappa shape index (κ3) is 7.42. The Bertz CT molecular complexity index is 1390. The average Bonchev–Trinajstić information content (AvgIpc) is 3.41. The Morgan fingerprint density at radius 2 is 1.95 bits per heavy atom. The fraction of sp³-hybridized carbons (Fsp3) is 0.400. The van der Waals surface area contributed by atoms with Crippen molar-refractivity contribution in [1.82, 2.24) is 15.2 Å². The Kier molecular flexibility index (Phi) is 11.2. The van der Waals surface area contributed by atoms with Gasteiger partial charge in [-0.15, -0.1) is 0 Å². The molecule has 0 radical (unpaired) electrons. The van der Waals surface area contributed by atoms with Gasteiger partial charge in [-0.3, -0.25) is 9.59 Å². The van der Waals surface area contributed by atoms with Crippen molar-refractivity contribution in [3.8, 4) is 11.5 Å². The van der Waals surface area contributed by atoms with Crippen LogP contribution >= 0.6 is 22.6 Å². The summed E-state index contributed by atoms with van der Waals surface area (Å²) in [5, 5.41) is 34.2. The number of ether oxygens (including phenoxy) is 3. The van der Waals surface area contributed by atoms with Gasteiger partial charge in [-0.05, 0) is 63.9 Å². The number of nitrogens with zero attached hydrogens (tertiary/aromatic N) is 1. The molecule has 12 heteroatoms. The van der Waals surface area contributed by atoms with E-state index in [1.165, 1.54) is 14.2 Å². The lowest BCUT2D eigenvalue weighted by molar-refractivity contribution is -0.142. The molecule has 0 bridgehead atoms. The first-order chi connectivity index (χ1) is 20.3. The van der Waals surface area contributed by atoms with Gasteiger partial charge in [0.15, 0.2) is 11.5 Å². The SMILES string of the molecule is COCC(=O)N(CCc1cc2ccccc2[nH]1)[C@@H]1CC(C(=O)NCCO)=C[C@H](Oc2c(I)cc(CO)cc2OC)[C@H]1O. The molecule has 1 aromatic heterocycles. The third-order valence-electron chi connectivity index (χ3n) is 7.14. The van der Waals surface area contributed by atoms with Gasteiger partial charge >= 0.3 is 0 Å². The molecule has 3 aromatic rings. The second-order valence-electron chi connectivity index (χ2n) is 9.94. The van der Waals surface area contributed by atoms with E-state index in [1.54, 1.807) is 23.1 Å². The van der Waals surface area contributed by atoms with E-state index < -0.39 is 24.2 Å². The van der Waals surface area contributed by atoms with Crippen LogP contribution < -0.4 is 14.8 Å². The van der Waals surface area contributed by atoms with Gasteiger partial charge in [0.2, 0.25) is 11.8 Å². The summed E-state index contributed by atoms with van der Waals surface area (Å²) in [6, 6.07) is 12.5. The lowest BCUT2D eigenvalue weighted by atomic mass is 9.88. The quantitative estimate of drug-likeness (QED) is 0.170. The predicted molar refractivity (Wildman–Crippen MR) is 164 cm³/mol. The number of aliphatic hydroxyl groups is 3. The van der Waals surface area contributed by atoms with E-state index in [4.69, 9.17) is 14.2 Å². The highest BCUT2D eigenvalue weighted by Crippen LogP contribution is 2.37. The van der Waals surface area contributed by atoms with Crippen LogP contribution in [0, 0.1) is 3.57 Å². The van der Waals surface area contributed by atoms with Crippen LogP contribution in [0.4, 0.5) is 0 Å². The molecule has 11 nitrogen and oxygen atoms in total. The number of carbonyl (C=O) groups is 2. The van der Waals surface area contributed by atoms with Crippen molar-refractivity contribution in [1.29, 1.82) is 0 Å². The van der Waals surface area contributed by atoms with Gasteiger partial charge < -0.3 is 44.7 Å². The molecule has 0 unspecified atom stereocenters. The Labute approximate surface area is 257 Å². The summed E-state index contributed by atoms with van der Waals surface area (Å²) >= 11 is 2.05. The third-order valence-corrected chi connectivity index (χ3v) is 7.94. The lowest BCUT2D eigenvalue weighted by Crippen LogP contribution is -2.56. The summed E-state index contributed by atoms with van der Waals surface area (Å²) in [5.74, 6) is -0.0835. The van der Waals surface area contributed by atoms with Crippen LogP contribution in [-0.4, -0.2) is 95.8 Å². The number of hydrogen-bond donors (Lipinski definition) is 5. The second kappa shape index (κ2) is 14.8. The van der Waals surface area contributed by atoms with Crippen LogP contribution in [0.25, 0.3) is 10.9 Å². The van der Waals surface area contributed by atoms with E-state index in [-0.39, 0.29) is 45.2 Å². The van der Waals surface area contributed by atoms with Gasteiger partial charge in [-0.25, -0.2) is 0 Å². The van der Waals surface area contributed by atoms with Gasteiger partial charge in [0.05, 0.1) is 29.9 Å². The largest absolute Gasteiger partial charge is 0.493 e. The molecule has 0 spiro atoms. The Morgan fingerprint density at radius 1 is 1.17 bits per heavy atom. The fourth-order valence-electron chi connectivity index (χ4n) is 5.09. The number of fused-ring (bicyclic) bond motifs is 1. The van der Waals surface area contributed by atoms with Crippen molar-refractivity contribution in [2.45, 2.75) is 37.7 Å². The number of amides is 2. The molecule has 5 N–H and O–H groups in total. The summed E-state index contributed by atoms with van der Waals surface area (Å²) in [5.41, 5.74) is 2.84. The van der Waals surface area contributed by atoms with Gasteiger partial charge in [0, 0.05) is 49.8 Å². The Balaban J connectivity index is 1.67. The molecule has 3 atom stereocenters. The van der Waals surface area contributed by atoms with E-state index >= 15 is 0 Å². The van der Waals surface area contributed by atoms with Crippen molar-refractivity contribution in [2.24, 2.45) is 0 Å². The molecular weight excluding hydrogens is 657 g/mol. The van der Waals surface area contributed by atoms with Gasteiger partial charge in [-0.1, -0.05) is 18.2 Å². The van der Waals surface area contributed by atoms with E-state index in [9.17, 15) is 24.9 Å². The summed E-state index contributed by atoms with van der Waals surface area (Å²) in [7, 11) is 2.90. The number of carbonyl (C=O) groups excluding carboxylic acids is 2.